The van der Waals surface area contributed by atoms with Gasteiger partial charge >= 0.3 is 0 Å². The van der Waals surface area contributed by atoms with Crippen LogP contribution in [0.25, 0.3) is 0 Å². The van der Waals surface area contributed by atoms with Gasteiger partial charge in [-0.25, -0.2) is 0 Å². The summed E-state index contributed by atoms with van der Waals surface area (Å²) < 4.78 is 0. The summed E-state index contributed by atoms with van der Waals surface area (Å²) in [4.78, 5) is 1.32. The second-order valence-corrected chi connectivity index (χ2v) is 4.93. The molecule has 0 aliphatic heterocycles. The molecule has 0 aliphatic rings. The van der Waals surface area contributed by atoms with E-state index in [1.807, 2.05) is 0 Å². The quantitative estimate of drug-likeness (QED) is 0.749. The Morgan fingerprint density at radius 2 is 1.80 bits per heavy atom. The van der Waals surface area contributed by atoms with Crippen molar-refractivity contribution in [3.63, 3.8) is 0 Å². The van der Waals surface area contributed by atoms with Crippen LogP contribution >= 0.6 is 11.8 Å². The van der Waals surface area contributed by atoms with Crippen molar-refractivity contribution in [1.29, 1.82) is 0 Å². The molecule has 0 heterocycles. The molecule has 0 radical (unpaired) electrons. The molecule has 0 aromatic heterocycles. The predicted molar refractivity (Wildman–Crippen MR) is 70.8 cm³/mol. The van der Waals surface area contributed by atoms with Crippen LogP contribution in [0.1, 0.15) is 27.2 Å². The third kappa shape index (κ3) is 3.78. The fourth-order valence-corrected chi connectivity index (χ4v) is 1.85. The van der Waals surface area contributed by atoms with E-state index in [9.17, 15) is 0 Å². The number of anilines is 1. The largest absolute Gasteiger partial charge is 0.382 e. The van der Waals surface area contributed by atoms with Crippen LogP contribution < -0.4 is 5.32 Å². The van der Waals surface area contributed by atoms with Crippen LogP contribution in [0.3, 0.4) is 0 Å². The number of rotatable bonds is 5. The molecule has 0 saturated carbocycles. The molecule has 0 aliphatic carbocycles. The first-order valence-corrected chi connectivity index (χ1v) is 6.80. The normalized spacial score (nSPS) is 14.7. The molecule has 1 aromatic carbocycles. The van der Waals surface area contributed by atoms with Gasteiger partial charge in [-0.2, -0.15) is 0 Å². The van der Waals surface area contributed by atoms with Crippen molar-refractivity contribution in [2.24, 2.45) is 5.92 Å². The molecule has 1 aromatic rings. The molecule has 1 N–H and O–H groups in total. The number of hydrogen-bond donors (Lipinski definition) is 1. The number of nitrogens with one attached hydrogen (secondary N) is 1. The molecular formula is C13H21NS. The van der Waals surface area contributed by atoms with Crippen molar-refractivity contribution in [2.75, 3.05) is 11.6 Å². The highest BCUT2D eigenvalue weighted by Gasteiger charge is 2.09. The standard InChI is InChI=1S/C13H21NS/c1-5-10(2)11(3)14-12-6-8-13(15-4)9-7-12/h6-11,14H,5H2,1-4H3/t10-,11-/m1/s1. The molecule has 2 atom stereocenters. The van der Waals surface area contributed by atoms with Gasteiger partial charge in [0.05, 0.1) is 0 Å². The molecule has 15 heavy (non-hydrogen) atoms. The molecule has 1 nitrogen and oxygen atoms in total. The smallest absolute Gasteiger partial charge is 0.0343 e. The Hall–Kier alpha value is -0.630. The number of hydrogen-bond acceptors (Lipinski definition) is 2. The summed E-state index contributed by atoms with van der Waals surface area (Å²) >= 11 is 1.78. The maximum Gasteiger partial charge on any atom is 0.0343 e. The van der Waals surface area contributed by atoms with Gasteiger partial charge < -0.3 is 5.32 Å². The Bertz CT molecular complexity index is 281. The van der Waals surface area contributed by atoms with E-state index >= 15 is 0 Å². The Morgan fingerprint density at radius 3 is 2.27 bits per heavy atom. The summed E-state index contributed by atoms with van der Waals surface area (Å²) in [6.45, 7) is 6.77. The van der Waals surface area contributed by atoms with E-state index in [0.29, 0.717) is 12.0 Å². The zero-order valence-corrected chi connectivity index (χ0v) is 10.9. The van der Waals surface area contributed by atoms with Gasteiger partial charge in [0.1, 0.15) is 0 Å². The second kappa shape index (κ2) is 6.06. The van der Waals surface area contributed by atoms with Crippen LogP contribution in [-0.4, -0.2) is 12.3 Å². The van der Waals surface area contributed by atoms with Crippen LogP contribution in [0.2, 0.25) is 0 Å². The Labute approximate surface area is 97.7 Å². The Balaban J connectivity index is 2.57. The molecule has 84 valence electrons. The summed E-state index contributed by atoms with van der Waals surface area (Å²) in [6.07, 6.45) is 3.32. The van der Waals surface area contributed by atoms with Gasteiger partial charge in [-0.3, -0.25) is 0 Å². The fraction of sp³-hybridized carbons (Fsp3) is 0.538. The first kappa shape index (κ1) is 12.4. The summed E-state index contributed by atoms with van der Waals surface area (Å²) in [5.41, 5.74) is 1.22. The maximum absolute atomic E-state index is 3.53. The molecule has 0 bridgehead atoms. The summed E-state index contributed by atoms with van der Waals surface area (Å²) in [6, 6.07) is 9.18. The summed E-state index contributed by atoms with van der Waals surface area (Å²) in [5.74, 6) is 0.713. The Morgan fingerprint density at radius 1 is 1.20 bits per heavy atom. The van der Waals surface area contributed by atoms with E-state index in [0.717, 1.165) is 0 Å². The third-order valence-corrected chi connectivity index (χ3v) is 3.73. The Kier molecular flexibility index (Phi) is 5.03. The van der Waals surface area contributed by atoms with Crippen molar-refractivity contribution in [3.8, 4) is 0 Å². The summed E-state index contributed by atoms with van der Waals surface area (Å²) in [5, 5.41) is 3.53. The topological polar surface area (TPSA) is 12.0 Å². The number of benzene rings is 1. The first-order valence-electron chi connectivity index (χ1n) is 5.58. The van der Waals surface area contributed by atoms with Crippen molar-refractivity contribution in [1.82, 2.24) is 0 Å². The van der Waals surface area contributed by atoms with Gasteiger partial charge in [0.2, 0.25) is 0 Å². The van der Waals surface area contributed by atoms with Crippen LogP contribution in [0, 0.1) is 5.92 Å². The molecule has 0 spiro atoms. The molecule has 2 heteroatoms. The number of thioether (sulfide) groups is 1. The first-order chi connectivity index (χ1) is 7.17. The minimum atomic E-state index is 0.537. The van der Waals surface area contributed by atoms with Gasteiger partial charge in [-0.15, -0.1) is 11.8 Å². The van der Waals surface area contributed by atoms with E-state index in [4.69, 9.17) is 0 Å². The van der Waals surface area contributed by atoms with Crippen LogP contribution in [0.5, 0.6) is 0 Å². The van der Waals surface area contributed by atoms with Crippen LogP contribution in [-0.2, 0) is 0 Å². The van der Waals surface area contributed by atoms with Crippen molar-refractivity contribution < 1.29 is 0 Å². The van der Waals surface area contributed by atoms with Gasteiger partial charge in [-0.05, 0) is 43.4 Å². The van der Waals surface area contributed by atoms with Crippen molar-refractivity contribution in [2.45, 2.75) is 38.1 Å². The molecule has 0 saturated heterocycles. The van der Waals surface area contributed by atoms with Crippen molar-refractivity contribution in [3.05, 3.63) is 24.3 Å². The molecule has 0 unspecified atom stereocenters. The molecule has 0 fully saturated rings. The molecule has 1 rings (SSSR count). The van der Waals surface area contributed by atoms with Crippen LogP contribution in [0.15, 0.2) is 29.2 Å². The van der Waals surface area contributed by atoms with Crippen LogP contribution in [0.4, 0.5) is 5.69 Å². The zero-order chi connectivity index (χ0) is 11.3. The lowest BCUT2D eigenvalue weighted by atomic mass is 10.0. The molecular weight excluding hydrogens is 202 g/mol. The third-order valence-electron chi connectivity index (χ3n) is 2.98. The zero-order valence-electron chi connectivity index (χ0n) is 10.1. The van der Waals surface area contributed by atoms with E-state index in [1.54, 1.807) is 11.8 Å². The van der Waals surface area contributed by atoms with E-state index in [-0.39, 0.29) is 0 Å². The maximum atomic E-state index is 3.53. The highest BCUT2D eigenvalue weighted by molar-refractivity contribution is 7.98. The fourth-order valence-electron chi connectivity index (χ4n) is 1.45. The summed E-state index contributed by atoms with van der Waals surface area (Å²) in [7, 11) is 0. The van der Waals surface area contributed by atoms with E-state index in [1.165, 1.54) is 17.0 Å². The van der Waals surface area contributed by atoms with E-state index < -0.39 is 0 Å². The average Bonchev–Trinajstić information content (AvgIpc) is 2.29. The lowest BCUT2D eigenvalue weighted by Crippen LogP contribution is -2.23. The van der Waals surface area contributed by atoms with Crippen molar-refractivity contribution >= 4 is 17.4 Å². The monoisotopic (exact) mass is 223 g/mol. The average molecular weight is 223 g/mol. The van der Waals surface area contributed by atoms with E-state index in [2.05, 4.69) is 56.6 Å². The highest BCUT2D eigenvalue weighted by atomic mass is 32.2. The van der Waals surface area contributed by atoms with Gasteiger partial charge in [-0.1, -0.05) is 20.3 Å². The van der Waals surface area contributed by atoms with Gasteiger partial charge in [0, 0.05) is 16.6 Å². The minimum absolute atomic E-state index is 0.537. The minimum Gasteiger partial charge on any atom is -0.382 e. The predicted octanol–water partition coefficient (Wildman–Crippen LogP) is 4.26. The van der Waals surface area contributed by atoms with Gasteiger partial charge in [0.15, 0.2) is 0 Å². The highest BCUT2D eigenvalue weighted by Crippen LogP contribution is 2.19. The van der Waals surface area contributed by atoms with Gasteiger partial charge in [0.25, 0.3) is 0 Å². The second-order valence-electron chi connectivity index (χ2n) is 4.05. The molecule has 0 amide bonds. The lowest BCUT2D eigenvalue weighted by molar-refractivity contribution is 0.494. The lowest BCUT2D eigenvalue weighted by Gasteiger charge is -2.21. The SMILES string of the molecule is CC[C@@H](C)[C@@H](C)Nc1ccc(SC)cc1.